The van der Waals surface area contributed by atoms with Crippen LogP contribution in [0.3, 0.4) is 0 Å². The highest BCUT2D eigenvalue weighted by atomic mass is 16.5. The first kappa shape index (κ1) is 22.1. The summed E-state index contributed by atoms with van der Waals surface area (Å²) >= 11 is 0. The summed E-state index contributed by atoms with van der Waals surface area (Å²) < 4.78 is 5.03. The van der Waals surface area contributed by atoms with Crippen LogP contribution < -0.4 is 10.2 Å². The molecule has 1 saturated carbocycles. The number of esters is 1. The van der Waals surface area contributed by atoms with Gasteiger partial charge in [0, 0.05) is 31.5 Å². The van der Waals surface area contributed by atoms with Gasteiger partial charge in [0.05, 0.1) is 0 Å². The number of amides is 4. The van der Waals surface area contributed by atoms with E-state index in [1.807, 2.05) is 24.3 Å². The number of carbonyl (C=O) groups excluding carboxylic acids is 4. The summed E-state index contributed by atoms with van der Waals surface area (Å²) in [5, 5.41) is 2.69. The molecule has 172 valence electrons. The number of imide groups is 1. The second-order valence-electron chi connectivity index (χ2n) is 8.78. The molecule has 3 aliphatic rings. The van der Waals surface area contributed by atoms with E-state index < -0.39 is 36.6 Å². The molecule has 2 heterocycles. The van der Waals surface area contributed by atoms with Gasteiger partial charge in [-0.15, -0.1) is 0 Å². The van der Waals surface area contributed by atoms with Crippen LogP contribution in [-0.4, -0.2) is 72.4 Å². The Morgan fingerprint density at radius 1 is 1.00 bits per heavy atom. The minimum atomic E-state index is -0.839. The van der Waals surface area contributed by atoms with Crippen molar-refractivity contribution in [3.05, 3.63) is 24.3 Å². The predicted molar refractivity (Wildman–Crippen MR) is 118 cm³/mol. The van der Waals surface area contributed by atoms with Gasteiger partial charge >= 0.3 is 12.0 Å². The maximum Gasteiger partial charge on any atom is 0.327 e. The molecule has 1 N–H and O–H groups in total. The molecule has 4 amide bonds. The molecule has 1 spiro atoms. The van der Waals surface area contributed by atoms with Crippen molar-refractivity contribution in [2.75, 3.05) is 43.5 Å². The van der Waals surface area contributed by atoms with Crippen molar-refractivity contribution < 1.29 is 23.9 Å². The number of anilines is 2. The Balaban J connectivity index is 1.26. The zero-order valence-electron chi connectivity index (χ0n) is 18.5. The fourth-order valence-electron chi connectivity index (χ4n) is 4.92. The first-order chi connectivity index (χ1) is 15.4. The molecule has 0 atom stereocenters. The lowest BCUT2D eigenvalue weighted by Crippen LogP contribution is -2.49. The number of benzene rings is 1. The van der Waals surface area contributed by atoms with Gasteiger partial charge in [-0.25, -0.2) is 4.79 Å². The fourth-order valence-corrected chi connectivity index (χ4v) is 4.92. The van der Waals surface area contributed by atoms with Gasteiger partial charge in [0.15, 0.2) is 6.61 Å². The largest absolute Gasteiger partial charge is 0.454 e. The van der Waals surface area contributed by atoms with E-state index in [0.717, 1.165) is 42.9 Å². The summed E-state index contributed by atoms with van der Waals surface area (Å²) in [5.41, 5.74) is 0.890. The summed E-state index contributed by atoms with van der Waals surface area (Å²) in [6.45, 7) is 1.12. The van der Waals surface area contributed by atoms with Crippen LogP contribution in [0.25, 0.3) is 0 Å². The number of nitrogens with one attached hydrogen (secondary N) is 1. The number of hydrogen-bond acceptors (Lipinski definition) is 6. The van der Waals surface area contributed by atoms with Gasteiger partial charge in [-0.2, -0.15) is 0 Å². The number of urea groups is 1. The lowest BCUT2D eigenvalue weighted by molar-refractivity contribution is -0.150. The third kappa shape index (κ3) is 4.28. The lowest BCUT2D eigenvalue weighted by atomic mass is 9.81. The van der Waals surface area contributed by atoms with Crippen LogP contribution in [0, 0.1) is 0 Å². The van der Waals surface area contributed by atoms with E-state index in [0.29, 0.717) is 18.5 Å². The lowest BCUT2D eigenvalue weighted by Gasteiger charge is -2.35. The molecule has 2 saturated heterocycles. The Bertz CT molecular complexity index is 888. The fraction of sp³-hybridized carbons (Fsp3) is 0.565. The molecule has 3 fully saturated rings. The predicted octanol–water partition coefficient (Wildman–Crippen LogP) is 2.37. The maximum atomic E-state index is 12.9. The molecule has 4 rings (SSSR count). The second-order valence-corrected chi connectivity index (χ2v) is 8.78. The van der Waals surface area contributed by atoms with Gasteiger partial charge < -0.3 is 19.9 Å². The van der Waals surface area contributed by atoms with E-state index >= 15 is 0 Å². The quantitative estimate of drug-likeness (QED) is 0.536. The topological polar surface area (TPSA) is 99.3 Å². The zero-order valence-corrected chi connectivity index (χ0v) is 18.5. The molecule has 1 aromatic rings. The average Bonchev–Trinajstić information content (AvgIpc) is 3.40. The summed E-state index contributed by atoms with van der Waals surface area (Å²) in [7, 11) is 1.61. The molecular weight excluding hydrogens is 412 g/mol. The first-order valence-corrected chi connectivity index (χ1v) is 11.3. The molecule has 2 aliphatic heterocycles. The molecule has 0 bridgehead atoms. The van der Waals surface area contributed by atoms with Gasteiger partial charge in [-0.1, -0.05) is 19.3 Å². The Hall–Kier alpha value is -3.10. The van der Waals surface area contributed by atoms with Crippen LogP contribution in [-0.2, 0) is 19.1 Å². The van der Waals surface area contributed by atoms with Gasteiger partial charge in [0.2, 0.25) is 0 Å². The number of rotatable bonds is 6. The first-order valence-electron chi connectivity index (χ1n) is 11.3. The minimum Gasteiger partial charge on any atom is -0.454 e. The van der Waals surface area contributed by atoms with Crippen LogP contribution >= 0.6 is 0 Å². The normalized spacial score (nSPS) is 20.2. The average molecular weight is 443 g/mol. The maximum absolute atomic E-state index is 12.9. The third-order valence-electron chi connectivity index (χ3n) is 6.76. The minimum absolute atomic E-state index is 0.343. The Labute approximate surface area is 187 Å². The van der Waals surface area contributed by atoms with Crippen molar-refractivity contribution in [2.24, 2.45) is 0 Å². The van der Waals surface area contributed by atoms with Gasteiger partial charge in [0.25, 0.3) is 11.8 Å². The zero-order chi connectivity index (χ0) is 22.7. The molecule has 9 nitrogen and oxygen atoms in total. The third-order valence-corrected chi connectivity index (χ3v) is 6.76. The monoisotopic (exact) mass is 442 g/mol. The van der Waals surface area contributed by atoms with E-state index in [-0.39, 0.29) is 5.91 Å². The van der Waals surface area contributed by atoms with Crippen LogP contribution in [0.5, 0.6) is 0 Å². The highest BCUT2D eigenvalue weighted by Gasteiger charge is 2.55. The number of ether oxygens (including phenoxy) is 1. The summed E-state index contributed by atoms with van der Waals surface area (Å²) in [6.07, 6.45) is 6.39. The van der Waals surface area contributed by atoms with E-state index in [4.69, 9.17) is 4.74 Å². The van der Waals surface area contributed by atoms with E-state index in [1.165, 1.54) is 17.7 Å². The Morgan fingerprint density at radius 3 is 2.31 bits per heavy atom. The molecule has 1 aliphatic carbocycles. The highest BCUT2D eigenvalue weighted by Crippen LogP contribution is 2.39. The molecule has 0 radical (unpaired) electrons. The van der Waals surface area contributed by atoms with Crippen LogP contribution in [0.4, 0.5) is 16.2 Å². The van der Waals surface area contributed by atoms with E-state index in [2.05, 4.69) is 10.2 Å². The molecular formula is C23H30N4O5. The van der Waals surface area contributed by atoms with Crippen LogP contribution in [0.2, 0.25) is 0 Å². The SMILES string of the molecule is CN1C(=O)N(CC(=O)OCC(=O)Nc2ccc(N3CCCC3)cc2)C(=O)C12CCCCC2. The van der Waals surface area contributed by atoms with Gasteiger partial charge in [0.1, 0.15) is 12.1 Å². The molecule has 0 unspecified atom stereocenters. The van der Waals surface area contributed by atoms with Crippen molar-refractivity contribution in [2.45, 2.75) is 50.5 Å². The van der Waals surface area contributed by atoms with Crippen molar-refractivity contribution in [1.82, 2.24) is 9.80 Å². The Morgan fingerprint density at radius 2 is 1.66 bits per heavy atom. The molecule has 0 aromatic heterocycles. The van der Waals surface area contributed by atoms with E-state index in [9.17, 15) is 19.2 Å². The number of hydrogen-bond donors (Lipinski definition) is 1. The van der Waals surface area contributed by atoms with Crippen LogP contribution in [0.1, 0.15) is 44.9 Å². The molecule has 32 heavy (non-hydrogen) atoms. The van der Waals surface area contributed by atoms with Gasteiger partial charge in [-0.3, -0.25) is 19.3 Å². The van der Waals surface area contributed by atoms with E-state index in [1.54, 1.807) is 7.05 Å². The van der Waals surface area contributed by atoms with Crippen molar-refractivity contribution in [3.8, 4) is 0 Å². The summed E-state index contributed by atoms with van der Waals surface area (Å²) in [4.78, 5) is 54.6. The number of likely N-dealkylation sites (N-methyl/N-ethyl adjacent to an activating group) is 1. The van der Waals surface area contributed by atoms with Crippen LogP contribution in [0.15, 0.2) is 24.3 Å². The number of nitrogens with zero attached hydrogens (tertiary/aromatic N) is 3. The van der Waals surface area contributed by atoms with Gasteiger partial charge in [-0.05, 0) is 49.9 Å². The summed E-state index contributed by atoms with van der Waals surface area (Å²) in [6, 6.07) is 7.05. The second kappa shape index (κ2) is 9.18. The number of carbonyl (C=O) groups is 4. The Kier molecular flexibility index (Phi) is 6.34. The summed E-state index contributed by atoms with van der Waals surface area (Å²) in [5.74, 6) is -1.61. The van der Waals surface area contributed by atoms with Crippen molar-refractivity contribution >= 4 is 35.2 Å². The highest BCUT2D eigenvalue weighted by molar-refractivity contribution is 6.08. The molecule has 1 aromatic carbocycles. The standard InChI is InChI=1S/C23H30N4O5/c1-25-22(31)27(21(30)23(25)11-3-2-4-12-23)15-20(29)32-16-19(28)24-17-7-9-18(10-8-17)26-13-5-6-14-26/h7-10H,2-6,11-16H2,1H3,(H,24,28). The smallest absolute Gasteiger partial charge is 0.327 e. The molecule has 9 heteroatoms. The van der Waals surface area contributed by atoms with Crippen molar-refractivity contribution in [1.29, 1.82) is 0 Å². The van der Waals surface area contributed by atoms with Crippen molar-refractivity contribution in [3.63, 3.8) is 0 Å².